The number of carbonyl (C=O) groups excluding carboxylic acids is 2. The second-order valence-corrected chi connectivity index (χ2v) is 21.0. The van der Waals surface area contributed by atoms with Gasteiger partial charge < -0.3 is 20.3 Å². The van der Waals surface area contributed by atoms with Crippen molar-refractivity contribution in [2.75, 3.05) is 13.2 Å². The molecule has 6 heteroatoms. The highest BCUT2D eigenvalue weighted by Crippen LogP contribution is 2.16. The molecule has 0 fully saturated rings. The van der Waals surface area contributed by atoms with Crippen LogP contribution in [0.5, 0.6) is 0 Å². The van der Waals surface area contributed by atoms with E-state index in [0.29, 0.717) is 19.4 Å². The van der Waals surface area contributed by atoms with Crippen LogP contribution in [-0.2, 0) is 14.3 Å². The van der Waals surface area contributed by atoms with Crippen molar-refractivity contribution in [1.29, 1.82) is 0 Å². The monoisotopic (exact) mass is 982 g/mol. The highest BCUT2D eigenvalue weighted by molar-refractivity contribution is 5.76. The van der Waals surface area contributed by atoms with E-state index in [2.05, 4.69) is 55.6 Å². The van der Waals surface area contributed by atoms with Crippen molar-refractivity contribution in [2.45, 2.75) is 334 Å². The van der Waals surface area contributed by atoms with Crippen molar-refractivity contribution in [3.63, 3.8) is 0 Å². The van der Waals surface area contributed by atoms with Crippen LogP contribution >= 0.6 is 0 Å². The molecule has 70 heavy (non-hydrogen) atoms. The van der Waals surface area contributed by atoms with Crippen LogP contribution in [0.4, 0.5) is 0 Å². The molecule has 2 unspecified atom stereocenters. The molecule has 0 bridgehead atoms. The molecule has 0 aliphatic carbocycles. The van der Waals surface area contributed by atoms with Crippen LogP contribution in [0.15, 0.2) is 48.6 Å². The van der Waals surface area contributed by atoms with Gasteiger partial charge in [0, 0.05) is 12.8 Å². The lowest BCUT2D eigenvalue weighted by atomic mass is 10.0. The Bertz CT molecular complexity index is 1180. The number of hydrogen-bond donors (Lipinski definition) is 3. The van der Waals surface area contributed by atoms with Crippen molar-refractivity contribution < 1.29 is 24.5 Å². The fourth-order valence-corrected chi connectivity index (χ4v) is 9.31. The van der Waals surface area contributed by atoms with Gasteiger partial charge in [-0.05, 0) is 89.9 Å². The highest BCUT2D eigenvalue weighted by Gasteiger charge is 2.18. The predicted molar refractivity (Wildman–Crippen MR) is 306 cm³/mol. The standard InChI is InChI=1S/C64H119NO5/c1-3-5-7-9-11-13-15-17-18-19-23-27-30-34-38-42-46-50-54-58-64(69)70-59-55-51-47-43-39-35-31-28-25-22-20-21-24-26-29-33-37-41-45-49-53-57-63(68)65-61(60-66)62(67)56-52-48-44-40-36-32-16-14-12-10-8-6-4-2/h11,13,17-18,21,24,52,56,61-62,66-67H,3-10,12,14-16,19-20,22-23,25-51,53-55,57-60H2,1-2H3,(H,65,68)/b13-11-,18-17-,24-21-,56-52+. The molecule has 3 N–H and O–H groups in total. The third-order valence-electron chi connectivity index (χ3n) is 14.1. The first-order valence-electron chi connectivity index (χ1n) is 30.9. The summed E-state index contributed by atoms with van der Waals surface area (Å²) in [4.78, 5) is 24.5. The quantitative estimate of drug-likeness (QED) is 0.0321. The molecule has 0 aromatic carbocycles. The molecule has 0 saturated carbocycles. The summed E-state index contributed by atoms with van der Waals surface area (Å²) in [6, 6.07) is -0.634. The lowest BCUT2D eigenvalue weighted by Gasteiger charge is -2.20. The lowest BCUT2D eigenvalue weighted by Crippen LogP contribution is -2.45. The number of carbonyl (C=O) groups is 2. The Labute approximate surface area is 436 Å². The van der Waals surface area contributed by atoms with Crippen LogP contribution in [0.1, 0.15) is 322 Å². The number of unbranched alkanes of at least 4 members (excludes halogenated alkanes) is 40. The minimum absolute atomic E-state index is 0.00347. The summed E-state index contributed by atoms with van der Waals surface area (Å²) in [7, 11) is 0. The molecule has 0 spiro atoms. The normalized spacial score (nSPS) is 12.9. The van der Waals surface area contributed by atoms with Crippen LogP contribution in [0.3, 0.4) is 0 Å². The first kappa shape index (κ1) is 67.8. The highest BCUT2D eigenvalue weighted by atomic mass is 16.5. The maximum Gasteiger partial charge on any atom is 0.305 e. The van der Waals surface area contributed by atoms with Gasteiger partial charge in [-0.15, -0.1) is 0 Å². The SMILES string of the molecule is CCCCC/C=C\C/C=C\CCCCCCCCCCCC(=O)OCCCCCCCCCCCC/C=C\CCCCCCCCCC(=O)NC(CO)C(O)/C=C/CCCCCCCCCCCCC. The number of rotatable bonds is 57. The molecule has 0 heterocycles. The Balaban J connectivity index is 3.43. The van der Waals surface area contributed by atoms with Crippen molar-refractivity contribution in [2.24, 2.45) is 0 Å². The minimum Gasteiger partial charge on any atom is -0.466 e. The summed E-state index contributed by atoms with van der Waals surface area (Å²) in [5.74, 6) is -0.0727. The Kier molecular flexibility index (Phi) is 57.5. The van der Waals surface area contributed by atoms with Gasteiger partial charge in [-0.1, -0.05) is 268 Å². The summed E-state index contributed by atoms with van der Waals surface area (Å²) in [5, 5.41) is 23.1. The maximum absolute atomic E-state index is 12.4. The zero-order valence-corrected chi connectivity index (χ0v) is 46.7. The number of ether oxygens (including phenoxy) is 1. The van der Waals surface area contributed by atoms with Gasteiger partial charge in [0.15, 0.2) is 0 Å². The third kappa shape index (κ3) is 55.1. The Morgan fingerprint density at radius 3 is 1.13 bits per heavy atom. The average molecular weight is 983 g/mol. The molecule has 6 nitrogen and oxygen atoms in total. The van der Waals surface area contributed by atoms with Gasteiger partial charge in [0.1, 0.15) is 0 Å². The number of aliphatic hydroxyl groups excluding tert-OH is 2. The molecule has 0 aromatic heterocycles. The maximum atomic E-state index is 12.4. The van der Waals surface area contributed by atoms with Gasteiger partial charge in [-0.2, -0.15) is 0 Å². The van der Waals surface area contributed by atoms with Gasteiger partial charge in [-0.25, -0.2) is 0 Å². The molecular weight excluding hydrogens is 863 g/mol. The van der Waals surface area contributed by atoms with Crippen molar-refractivity contribution in [3.05, 3.63) is 48.6 Å². The van der Waals surface area contributed by atoms with Crippen molar-refractivity contribution in [3.8, 4) is 0 Å². The Morgan fingerprint density at radius 2 is 0.714 bits per heavy atom. The summed E-state index contributed by atoms with van der Waals surface area (Å²) in [6.07, 6.45) is 75.7. The van der Waals surface area contributed by atoms with Crippen LogP contribution in [0.25, 0.3) is 0 Å². The van der Waals surface area contributed by atoms with E-state index < -0.39 is 12.1 Å². The zero-order valence-electron chi connectivity index (χ0n) is 46.7. The Morgan fingerprint density at radius 1 is 0.400 bits per heavy atom. The van der Waals surface area contributed by atoms with E-state index in [0.717, 1.165) is 57.8 Å². The lowest BCUT2D eigenvalue weighted by molar-refractivity contribution is -0.143. The molecule has 1 amide bonds. The van der Waals surface area contributed by atoms with E-state index in [-0.39, 0.29) is 18.5 Å². The number of esters is 1. The molecule has 0 aliphatic heterocycles. The van der Waals surface area contributed by atoms with Gasteiger partial charge >= 0.3 is 5.97 Å². The van der Waals surface area contributed by atoms with Gasteiger partial charge in [0.25, 0.3) is 0 Å². The topological polar surface area (TPSA) is 95.9 Å². The molecule has 0 saturated heterocycles. The molecular formula is C64H119NO5. The number of allylic oxidation sites excluding steroid dienone is 7. The average Bonchev–Trinajstić information content (AvgIpc) is 3.36. The molecule has 0 aromatic rings. The van der Waals surface area contributed by atoms with Crippen LogP contribution in [0, 0.1) is 0 Å². The fourth-order valence-electron chi connectivity index (χ4n) is 9.31. The van der Waals surface area contributed by atoms with E-state index in [1.165, 1.54) is 238 Å². The minimum atomic E-state index is -0.849. The van der Waals surface area contributed by atoms with Gasteiger partial charge in [-0.3, -0.25) is 9.59 Å². The van der Waals surface area contributed by atoms with E-state index in [1.807, 2.05) is 6.08 Å². The van der Waals surface area contributed by atoms with Crippen LogP contribution in [0.2, 0.25) is 0 Å². The van der Waals surface area contributed by atoms with Crippen LogP contribution < -0.4 is 5.32 Å². The van der Waals surface area contributed by atoms with Crippen LogP contribution in [-0.4, -0.2) is 47.4 Å². The van der Waals surface area contributed by atoms with Crippen molar-refractivity contribution in [1.82, 2.24) is 5.32 Å². The first-order valence-corrected chi connectivity index (χ1v) is 30.9. The first-order chi connectivity index (χ1) is 34.5. The van der Waals surface area contributed by atoms with Crippen molar-refractivity contribution >= 4 is 11.9 Å². The summed E-state index contributed by atoms with van der Waals surface area (Å²) in [5.41, 5.74) is 0. The number of aliphatic hydroxyl groups is 2. The Hall–Kier alpha value is -2.18. The smallest absolute Gasteiger partial charge is 0.305 e. The molecule has 0 rings (SSSR count). The molecule has 410 valence electrons. The zero-order chi connectivity index (χ0) is 50.7. The van der Waals surface area contributed by atoms with E-state index >= 15 is 0 Å². The summed E-state index contributed by atoms with van der Waals surface area (Å²) >= 11 is 0. The second kappa shape index (κ2) is 59.4. The molecule has 2 atom stereocenters. The van der Waals surface area contributed by atoms with E-state index in [4.69, 9.17) is 4.74 Å². The summed E-state index contributed by atoms with van der Waals surface area (Å²) in [6.45, 7) is 4.87. The largest absolute Gasteiger partial charge is 0.466 e. The number of hydrogen-bond acceptors (Lipinski definition) is 5. The van der Waals surface area contributed by atoms with Gasteiger partial charge in [0.2, 0.25) is 5.91 Å². The number of amides is 1. The molecule has 0 aliphatic rings. The third-order valence-corrected chi connectivity index (χ3v) is 14.1. The predicted octanol–water partition coefficient (Wildman–Crippen LogP) is 19.4. The second-order valence-electron chi connectivity index (χ2n) is 21.0. The van der Waals surface area contributed by atoms with E-state index in [9.17, 15) is 19.8 Å². The summed E-state index contributed by atoms with van der Waals surface area (Å²) < 4.78 is 5.49. The van der Waals surface area contributed by atoms with Gasteiger partial charge in [0.05, 0.1) is 25.4 Å². The van der Waals surface area contributed by atoms with E-state index in [1.54, 1.807) is 6.08 Å². The fraction of sp³-hybridized carbons (Fsp3) is 0.844. The molecule has 0 radical (unpaired) electrons. The number of nitrogens with one attached hydrogen (secondary N) is 1.